The van der Waals surface area contributed by atoms with Crippen molar-refractivity contribution in [2.75, 3.05) is 31.5 Å². The molecule has 3 heterocycles. The van der Waals surface area contributed by atoms with E-state index in [0.717, 1.165) is 49.4 Å². The number of nitrogens with one attached hydrogen (secondary N) is 1. The van der Waals surface area contributed by atoms with Crippen molar-refractivity contribution in [1.29, 1.82) is 0 Å². The van der Waals surface area contributed by atoms with Crippen LogP contribution in [0.4, 0.5) is 5.82 Å². The zero-order valence-corrected chi connectivity index (χ0v) is 18.2. The van der Waals surface area contributed by atoms with E-state index in [2.05, 4.69) is 51.6 Å². The van der Waals surface area contributed by atoms with Gasteiger partial charge in [0, 0.05) is 43.5 Å². The van der Waals surface area contributed by atoms with E-state index >= 15 is 0 Å². The Morgan fingerprint density at radius 2 is 1.75 bits per heavy atom. The van der Waals surface area contributed by atoms with Crippen molar-refractivity contribution in [1.82, 2.24) is 14.8 Å². The number of fused-ring (bicyclic) bond motifs is 1. The fourth-order valence-corrected chi connectivity index (χ4v) is 4.64. The molecule has 5 nitrogen and oxygen atoms in total. The molecule has 0 aliphatic carbocycles. The number of benzene rings is 2. The van der Waals surface area contributed by atoms with E-state index in [-0.39, 0.29) is 12.1 Å². The van der Waals surface area contributed by atoms with Crippen LogP contribution in [-0.2, 0) is 0 Å². The quantitative estimate of drug-likeness (QED) is 0.590. The van der Waals surface area contributed by atoms with Crippen LogP contribution in [-0.4, -0.2) is 46.9 Å². The Morgan fingerprint density at radius 3 is 2.53 bits per heavy atom. The van der Waals surface area contributed by atoms with Crippen molar-refractivity contribution in [3.63, 3.8) is 0 Å². The number of carbonyl (C=O) groups excluding carboxylic acids is 1. The summed E-state index contributed by atoms with van der Waals surface area (Å²) in [7, 11) is 0. The molecular weight excluding hydrogens is 396 g/mol. The number of aromatic nitrogens is 1. The van der Waals surface area contributed by atoms with E-state index in [1.165, 1.54) is 11.1 Å². The van der Waals surface area contributed by atoms with E-state index in [9.17, 15) is 4.79 Å². The largest absolute Gasteiger partial charge is 0.346 e. The van der Waals surface area contributed by atoms with Crippen LogP contribution in [0.5, 0.6) is 0 Å². The fraction of sp³-hybridized carbons (Fsp3) is 0.259. The summed E-state index contributed by atoms with van der Waals surface area (Å²) in [6, 6.07) is 24.3. The highest BCUT2D eigenvalue weighted by atomic mass is 16.2. The van der Waals surface area contributed by atoms with Gasteiger partial charge in [-0.05, 0) is 42.2 Å². The van der Waals surface area contributed by atoms with Gasteiger partial charge in [-0.3, -0.25) is 9.69 Å². The lowest BCUT2D eigenvalue weighted by atomic mass is 9.99. The van der Waals surface area contributed by atoms with Gasteiger partial charge in [0.1, 0.15) is 12.0 Å². The first-order valence-electron chi connectivity index (χ1n) is 11.3. The summed E-state index contributed by atoms with van der Waals surface area (Å²) in [5.74, 6) is 0.876. The van der Waals surface area contributed by atoms with Crippen molar-refractivity contribution in [2.45, 2.75) is 19.0 Å². The van der Waals surface area contributed by atoms with Crippen molar-refractivity contribution in [2.24, 2.45) is 0 Å². The van der Waals surface area contributed by atoms with Crippen LogP contribution in [0.3, 0.4) is 0 Å². The molecule has 1 N–H and O–H groups in total. The minimum Gasteiger partial charge on any atom is -0.346 e. The lowest BCUT2D eigenvalue weighted by molar-refractivity contribution is 0.0734. The normalized spacial score (nSPS) is 18.4. The van der Waals surface area contributed by atoms with Crippen molar-refractivity contribution in [3.05, 3.63) is 102 Å². The van der Waals surface area contributed by atoms with Gasteiger partial charge in [0.2, 0.25) is 0 Å². The molecule has 0 radical (unpaired) electrons. The third kappa shape index (κ3) is 4.30. The predicted octanol–water partition coefficient (Wildman–Crippen LogP) is 4.83. The van der Waals surface area contributed by atoms with Crippen LogP contribution in [0.1, 0.15) is 40.5 Å². The van der Waals surface area contributed by atoms with Gasteiger partial charge in [0.25, 0.3) is 5.91 Å². The lowest BCUT2D eigenvalue weighted by Gasteiger charge is -2.29. The second-order valence-corrected chi connectivity index (χ2v) is 8.35. The Kier molecular flexibility index (Phi) is 5.99. The summed E-state index contributed by atoms with van der Waals surface area (Å²) in [5, 5.41) is 3.46. The summed E-state index contributed by atoms with van der Waals surface area (Å²) in [4.78, 5) is 21.9. The lowest BCUT2D eigenvalue weighted by Crippen LogP contribution is -2.36. The molecule has 5 rings (SSSR count). The Balaban J connectivity index is 1.22. The van der Waals surface area contributed by atoms with E-state index in [1.807, 2.05) is 47.4 Å². The molecule has 0 spiro atoms. The maximum Gasteiger partial charge on any atom is 0.256 e. The first-order valence-corrected chi connectivity index (χ1v) is 11.3. The number of carbonyl (C=O) groups is 1. The fourth-order valence-electron chi connectivity index (χ4n) is 4.64. The number of anilines is 1. The van der Waals surface area contributed by atoms with Gasteiger partial charge < -0.3 is 10.2 Å². The average molecular weight is 425 g/mol. The first-order chi connectivity index (χ1) is 15.8. The van der Waals surface area contributed by atoms with Crippen LogP contribution in [0.25, 0.3) is 5.57 Å². The molecule has 0 saturated heterocycles. The van der Waals surface area contributed by atoms with Gasteiger partial charge in [-0.1, -0.05) is 60.7 Å². The van der Waals surface area contributed by atoms with E-state index in [1.54, 1.807) is 6.20 Å². The first kappa shape index (κ1) is 20.5. The van der Waals surface area contributed by atoms with Crippen LogP contribution < -0.4 is 5.32 Å². The Labute approximate surface area is 189 Å². The molecular formula is C27H28N4O. The number of rotatable bonds is 7. The summed E-state index contributed by atoms with van der Waals surface area (Å²) < 4.78 is 0. The topological polar surface area (TPSA) is 48.5 Å². The van der Waals surface area contributed by atoms with E-state index < -0.39 is 0 Å². The molecule has 0 saturated carbocycles. The van der Waals surface area contributed by atoms with Crippen LogP contribution in [0, 0.1) is 0 Å². The maximum atomic E-state index is 13.1. The standard InChI is InChI=1S/C27H28N4O/c32-27-24-12-5-4-11-23(24)26(29-25-13-6-7-16-28-25)31(27)18-8-17-30-19-14-22(15-20-30)21-9-2-1-3-10-21/h1-7,9-14,16,26H,8,15,17-20H2,(H,28,29). The van der Waals surface area contributed by atoms with Gasteiger partial charge in [0.05, 0.1) is 0 Å². The Bertz CT molecular complexity index is 1100. The maximum absolute atomic E-state index is 13.1. The molecule has 0 fully saturated rings. The molecule has 0 bridgehead atoms. The minimum absolute atomic E-state index is 0.0962. The van der Waals surface area contributed by atoms with Crippen molar-refractivity contribution in [3.8, 4) is 0 Å². The highest BCUT2D eigenvalue weighted by Crippen LogP contribution is 2.34. The van der Waals surface area contributed by atoms with E-state index in [0.29, 0.717) is 6.54 Å². The highest BCUT2D eigenvalue weighted by Gasteiger charge is 2.36. The summed E-state index contributed by atoms with van der Waals surface area (Å²) in [6.07, 6.45) is 5.94. The number of nitrogens with zero attached hydrogens (tertiary/aromatic N) is 3. The molecule has 32 heavy (non-hydrogen) atoms. The number of pyridine rings is 1. The highest BCUT2D eigenvalue weighted by molar-refractivity contribution is 5.99. The zero-order chi connectivity index (χ0) is 21.8. The van der Waals surface area contributed by atoms with Gasteiger partial charge >= 0.3 is 0 Å². The summed E-state index contributed by atoms with van der Waals surface area (Å²) in [6.45, 7) is 3.72. The smallest absolute Gasteiger partial charge is 0.256 e. The molecule has 2 aliphatic rings. The molecule has 1 atom stereocenters. The molecule has 2 aliphatic heterocycles. The minimum atomic E-state index is -0.181. The molecule has 1 aromatic heterocycles. The monoisotopic (exact) mass is 424 g/mol. The molecule has 2 aromatic carbocycles. The molecule has 1 amide bonds. The second-order valence-electron chi connectivity index (χ2n) is 8.35. The number of amides is 1. The number of hydrogen-bond acceptors (Lipinski definition) is 4. The van der Waals surface area contributed by atoms with E-state index in [4.69, 9.17) is 0 Å². The Hall–Kier alpha value is -3.44. The SMILES string of the molecule is O=C1c2ccccc2C(Nc2ccccn2)N1CCCN1CC=C(c2ccccc2)CC1. The zero-order valence-electron chi connectivity index (χ0n) is 18.2. The Morgan fingerprint density at radius 1 is 0.938 bits per heavy atom. The molecule has 3 aromatic rings. The summed E-state index contributed by atoms with van der Waals surface area (Å²) in [5.41, 5.74) is 4.58. The molecule has 162 valence electrons. The third-order valence-electron chi connectivity index (χ3n) is 6.32. The van der Waals surface area contributed by atoms with Crippen molar-refractivity contribution < 1.29 is 4.79 Å². The van der Waals surface area contributed by atoms with Gasteiger partial charge in [-0.15, -0.1) is 0 Å². The molecule has 5 heteroatoms. The van der Waals surface area contributed by atoms with Gasteiger partial charge in [-0.25, -0.2) is 4.98 Å². The van der Waals surface area contributed by atoms with Crippen molar-refractivity contribution >= 4 is 17.3 Å². The van der Waals surface area contributed by atoms with Gasteiger partial charge in [-0.2, -0.15) is 0 Å². The summed E-state index contributed by atoms with van der Waals surface area (Å²) >= 11 is 0. The molecule has 1 unspecified atom stereocenters. The van der Waals surface area contributed by atoms with Crippen LogP contribution in [0.15, 0.2) is 85.1 Å². The average Bonchev–Trinajstić information content (AvgIpc) is 3.12. The predicted molar refractivity (Wildman–Crippen MR) is 128 cm³/mol. The third-order valence-corrected chi connectivity index (χ3v) is 6.32. The van der Waals surface area contributed by atoms with Gasteiger partial charge in [0.15, 0.2) is 0 Å². The second kappa shape index (κ2) is 9.37. The number of hydrogen-bond donors (Lipinski definition) is 1. The van der Waals surface area contributed by atoms with Crippen LogP contribution in [0.2, 0.25) is 0 Å². The van der Waals surface area contributed by atoms with Crippen LogP contribution >= 0.6 is 0 Å².